The molecule has 0 amide bonds. The van der Waals surface area contributed by atoms with Crippen molar-refractivity contribution < 1.29 is 31.7 Å². The zero-order valence-electron chi connectivity index (χ0n) is 13.4. The molecule has 0 saturated carbocycles. The summed E-state index contributed by atoms with van der Waals surface area (Å²) in [6.45, 7) is 0. The standard InChI is InChI=1S/C16H13FN2O6S/c1-25-16(21)14(15(20)10-2-4-11(17)5-3-10)19-18-12-6-8-13(9-7-12)26(22,23)24/h2-9,14H,1H3,(H,22,23,24). The summed E-state index contributed by atoms with van der Waals surface area (Å²) >= 11 is 0. The van der Waals surface area contributed by atoms with Crippen molar-refractivity contribution in [1.29, 1.82) is 0 Å². The van der Waals surface area contributed by atoms with Crippen LogP contribution in [0.25, 0.3) is 0 Å². The summed E-state index contributed by atoms with van der Waals surface area (Å²) in [4.78, 5) is 23.8. The number of methoxy groups -OCH3 is 1. The molecule has 2 aromatic rings. The minimum Gasteiger partial charge on any atom is -0.467 e. The molecule has 0 saturated heterocycles. The van der Waals surface area contributed by atoms with Crippen molar-refractivity contribution in [3.8, 4) is 0 Å². The third-order valence-electron chi connectivity index (χ3n) is 3.22. The highest BCUT2D eigenvalue weighted by Crippen LogP contribution is 2.18. The second-order valence-electron chi connectivity index (χ2n) is 4.98. The molecule has 2 rings (SSSR count). The Morgan fingerprint density at radius 3 is 2.15 bits per heavy atom. The number of azo groups is 1. The van der Waals surface area contributed by atoms with E-state index in [0.29, 0.717) is 0 Å². The number of hydrogen-bond acceptors (Lipinski definition) is 7. The molecule has 1 atom stereocenters. The van der Waals surface area contributed by atoms with Crippen LogP contribution in [0.3, 0.4) is 0 Å². The average molecular weight is 380 g/mol. The number of hydrogen-bond donors (Lipinski definition) is 1. The number of Topliss-reactive ketones (excluding diaryl/α,β-unsaturated/α-hetero) is 1. The third-order valence-corrected chi connectivity index (χ3v) is 4.09. The van der Waals surface area contributed by atoms with Crippen LogP contribution in [0.1, 0.15) is 10.4 Å². The summed E-state index contributed by atoms with van der Waals surface area (Å²) in [6, 6.07) is 7.53. The molecule has 0 aromatic heterocycles. The highest BCUT2D eigenvalue weighted by molar-refractivity contribution is 7.85. The molecule has 8 nitrogen and oxygen atoms in total. The van der Waals surface area contributed by atoms with Crippen molar-refractivity contribution >= 4 is 27.6 Å². The average Bonchev–Trinajstić information content (AvgIpc) is 2.61. The van der Waals surface area contributed by atoms with Gasteiger partial charge < -0.3 is 4.74 Å². The predicted octanol–water partition coefficient (Wildman–Crippen LogP) is 2.58. The van der Waals surface area contributed by atoms with Gasteiger partial charge in [0.1, 0.15) is 5.82 Å². The largest absolute Gasteiger partial charge is 0.467 e. The number of benzene rings is 2. The molecule has 0 spiro atoms. The van der Waals surface area contributed by atoms with Crippen LogP contribution >= 0.6 is 0 Å². The summed E-state index contributed by atoms with van der Waals surface area (Å²) in [7, 11) is -3.28. The van der Waals surface area contributed by atoms with Crippen LogP contribution in [0.4, 0.5) is 10.1 Å². The van der Waals surface area contributed by atoms with E-state index in [1.807, 2.05) is 0 Å². The smallest absolute Gasteiger partial charge is 0.340 e. The lowest BCUT2D eigenvalue weighted by Crippen LogP contribution is -2.29. The highest BCUT2D eigenvalue weighted by atomic mass is 32.2. The Balaban J connectivity index is 2.27. The van der Waals surface area contributed by atoms with E-state index in [-0.39, 0.29) is 16.1 Å². The maximum Gasteiger partial charge on any atom is 0.340 e. The van der Waals surface area contributed by atoms with Gasteiger partial charge in [-0.2, -0.15) is 18.6 Å². The Hall–Kier alpha value is -2.98. The van der Waals surface area contributed by atoms with Gasteiger partial charge in [-0.3, -0.25) is 9.35 Å². The molecule has 0 aliphatic heterocycles. The molecular formula is C16H13FN2O6S. The van der Waals surface area contributed by atoms with E-state index in [1.54, 1.807) is 0 Å². The molecule has 0 aliphatic carbocycles. The Morgan fingerprint density at radius 1 is 1.08 bits per heavy atom. The molecule has 0 bridgehead atoms. The SMILES string of the molecule is COC(=O)C(N=Nc1ccc(S(=O)(=O)O)cc1)C(=O)c1ccc(F)cc1. The maximum atomic E-state index is 13.0. The number of carbonyl (C=O) groups is 2. The first-order valence-corrected chi connectivity index (χ1v) is 8.52. The van der Waals surface area contributed by atoms with Gasteiger partial charge in [-0.15, -0.1) is 0 Å². The number of rotatable bonds is 6. The molecule has 26 heavy (non-hydrogen) atoms. The van der Waals surface area contributed by atoms with Gasteiger partial charge in [0, 0.05) is 5.56 Å². The van der Waals surface area contributed by atoms with Crippen molar-refractivity contribution in [2.45, 2.75) is 10.9 Å². The van der Waals surface area contributed by atoms with Crippen molar-refractivity contribution in [2.24, 2.45) is 10.2 Å². The zero-order valence-corrected chi connectivity index (χ0v) is 14.2. The lowest BCUT2D eigenvalue weighted by atomic mass is 10.1. The van der Waals surface area contributed by atoms with Gasteiger partial charge in [0.15, 0.2) is 0 Å². The summed E-state index contributed by atoms with van der Waals surface area (Å²) < 4.78 is 48.3. The first-order valence-electron chi connectivity index (χ1n) is 7.08. The lowest BCUT2D eigenvalue weighted by Gasteiger charge is -2.08. The monoisotopic (exact) mass is 380 g/mol. The molecule has 10 heteroatoms. The van der Waals surface area contributed by atoms with E-state index < -0.39 is 33.7 Å². The van der Waals surface area contributed by atoms with Crippen LogP contribution < -0.4 is 0 Å². The molecule has 2 aromatic carbocycles. The second-order valence-corrected chi connectivity index (χ2v) is 6.40. The number of carbonyl (C=O) groups excluding carboxylic acids is 2. The Labute approximate surface area is 148 Å². The fourth-order valence-corrected chi connectivity index (χ4v) is 2.38. The fourth-order valence-electron chi connectivity index (χ4n) is 1.90. The van der Waals surface area contributed by atoms with Crippen LogP contribution in [0, 0.1) is 5.82 Å². The van der Waals surface area contributed by atoms with Gasteiger partial charge in [-0.1, -0.05) is 0 Å². The maximum absolute atomic E-state index is 13.0. The summed E-state index contributed by atoms with van der Waals surface area (Å²) in [5.74, 6) is -2.25. The predicted molar refractivity (Wildman–Crippen MR) is 87.3 cm³/mol. The zero-order chi connectivity index (χ0) is 19.3. The normalized spacial score (nSPS) is 12.7. The van der Waals surface area contributed by atoms with Gasteiger partial charge >= 0.3 is 5.97 Å². The summed E-state index contributed by atoms with van der Waals surface area (Å²) in [5, 5.41) is 7.37. The summed E-state index contributed by atoms with van der Waals surface area (Å²) in [6.07, 6.45) is 0. The lowest BCUT2D eigenvalue weighted by molar-refractivity contribution is -0.140. The number of ketones is 1. The molecule has 136 valence electrons. The molecule has 0 radical (unpaired) electrons. The van der Waals surface area contributed by atoms with Crippen LogP contribution in [0.15, 0.2) is 63.7 Å². The van der Waals surface area contributed by atoms with E-state index in [2.05, 4.69) is 15.0 Å². The van der Waals surface area contributed by atoms with Gasteiger partial charge in [-0.05, 0) is 48.5 Å². The first kappa shape index (κ1) is 19.3. The van der Waals surface area contributed by atoms with E-state index in [9.17, 15) is 22.4 Å². The van der Waals surface area contributed by atoms with Gasteiger partial charge in [0.25, 0.3) is 10.1 Å². The van der Waals surface area contributed by atoms with E-state index in [1.165, 1.54) is 24.3 Å². The van der Waals surface area contributed by atoms with Crippen LogP contribution in [0.5, 0.6) is 0 Å². The van der Waals surface area contributed by atoms with Gasteiger partial charge in [0.2, 0.25) is 11.8 Å². The number of esters is 1. The Morgan fingerprint density at radius 2 is 1.65 bits per heavy atom. The first-order chi connectivity index (χ1) is 12.2. The highest BCUT2D eigenvalue weighted by Gasteiger charge is 2.28. The minimum absolute atomic E-state index is 0.0440. The third kappa shape index (κ3) is 4.77. The van der Waals surface area contributed by atoms with Gasteiger partial charge in [-0.25, -0.2) is 9.18 Å². The number of halogens is 1. The van der Waals surface area contributed by atoms with Gasteiger partial charge in [0.05, 0.1) is 17.7 Å². The topological polar surface area (TPSA) is 122 Å². The number of nitrogens with zero attached hydrogens (tertiary/aromatic N) is 2. The Kier molecular flexibility index (Phi) is 5.90. The Bertz CT molecular complexity index is 940. The van der Waals surface area contributed by atoms with Crippen molar-refractivity contribution in [3.05, 3.63) is 59.9 Å². The van der Waals surface area contributed by atoms with E-state index in [0.717, 1.165) is 31.4 Å². The van der Waals surface area contributed by atoms with Crippen molar-refractivity contribution in [1.82, 2.24) is 0 Å². The molecule has 1 N–H and O–H groups in total. The van der Waals surface area contributed by atoms with Crippen molar-refractivity contribution in [2.75, 3.05) is 7.11 Å². The molecule has 0 aliphatic rings. The minimum atomic E-state index is -4.35. The van der Waals surface area contributed by atoms with E-state index >= 15 is 0 Å². The molecule has 0 fully saturated rings. The second kappa shape index (κ2) is 7.93. The van der Waals surface area contributed by atoms with Crippen molar-refractivity contribution in [3.63, 3.8) is 0 Å². The quantitative estimate of drug-likeness (QED) is 0.270. The molecule has 1 unspecified atom stereocenters. The molecule has 0 heterocycles. The van der Waals surface area contributed by atoms with E-state index in [4.69, 9.17) is 4.55 Å². The number of ether oxygens (including phenoxy) is 1. The fraction of sp³-hybridized carbons (Fsp3) is 0.125. The van der Waals surface area contributed by atoms with Crippen LogP contribution in [-0.2, 0) is 19.6 Å². The van der Waals surface area contributed by atoms with Crippen LogP contribution in [0.2, 0.25) is 0 Å². The summed E-state index contributed by atoms with van der Waals surface area (Å²) in [5.41, 5.74) is 0.181. The van der Waals surface area contributed by atoms with Crippen LogP contribution in [-0.4, -0.2) is 37.9 Å². The molecular weight excluding hydrogens is 367 g/mol.